The van der Waals surface area contributed by atoms with Crippen LogP contribution in [-0.4, -0.2) is 70.7 Å². The number of likely N-dealkylation sites (tertiary alicyclic amines) is 1. The van der Waals surface area contributed by atoms with E-state index >= 15 is 8.78 Å². The third-order valence-corrected chi connectivity index (χ3v) is 8.07. The zero-order valence-electron chi connectivity index (χ0n) is 23.8. The monoisotopic (exact) mass is 576 g/mol. The van der Waals surface area contributed by atoms with E-state index in [9.17, 15) is 24.2 Å². The first-order valence-corrected chi connectivity index (χ1v) is 13.9. The molecule has 2 aliphatic heterocycles. The molecule has 2 heterocycles. The summed E-state index contributed by atoms with van der Waals surface area (Å²) in [6.07, 6.45) is -2.71. The van der Waals surface area contributed by atoms with Crippen molar-refractivity contribution >= 4 is 17.5 Å². The van der Waals surface area contributed by atoms with E-state index in [2.05, 4.69) is 16.0 Å². The largest absolute Gasteiger partial charge is 0.384 e. The fourth-order valence-electron chi connectivity index (χ4n) is 5.62. The molecule has 41 heavy (non-hydrogen) atoms. The molecule has 4 atom stereocenters. The zero-order valence-corrected chi connectivity index (χ0v) is 23.8. The summed E-state index contributed by atoms with van der Waals surface area (Å²) in [5, 5.41) is 31.3. The second kappa shape index (κ2) is 12.0. The summed E-state index contributed by atoms with van der Waals surface area (Å²) in [6.45, 7) is 6.02. The number of fused-ring (bicyclic) bond motifs is 1. The van der Waals surface area contributed by atoms with E-state index in [1.165, 1.54) is 32.0 Å². The number of hydrogen-bond acceptors (Lipinski definition) is 6. The number of hydrogen-bond donors (Lipinski definition) is 5. The Labute approximate surface area is 238 Å². The summed E-state index contributed by atoms with van der Waals surface area (Å²) in [7, 11) is 0. The number of carbonyl (C=O) groups is 2. The fraction of sp³-hybridized carbons (Fsp3) is 0.533. The molecule has 4 rings (SSSR count). The second-order valence-corrected chi connectivity index (χ2v) is 11.9. The van der Waals surface area contributed by atoms with Crippen LogP contribution in [0.25, 0.3) is 0 Å². The number of aliphatic hydroxyl groups excluding tert-OH is 2. The van der Waals surface area contributed by atoms with E-state index in [1.807, 2.05) is 19.9 Å². The summed E-state index contributed by atoms with van der Waals surface area (Å²) in [5.41, 5.74) is 0.779. The van der Waals surface area contributed by atoms with Crippen molar-refractivity contribution in [3.8, 4) is 0 Å². The van der Waals surface area contributed by atoms with E-state index in [0.717, 1.165) is 16.2 Å². The highest BCUT2D eigenvalue weighted by Gasteiger charge is 2.64. The summed E-state index contributed by atoms with van der Waals surface area (Å²) >= 11 is 0. The molecule has 0 aliphatic carbocycles. The topological polar surface area (TPSA) is 114 Å². The molecule has 2 aliphatic rings. The van der Waals surface area contributed by atoms with Gasteiger partial charge in [-0.25, -0.2) is 13.2 Å². The number of alkyl halides is 2. The van der Waals surface area contributed by atoms with Gasteiger partial charge in [-0.15, -0.1) is 0 Å². The van der Waals surface area contributed by atoms with Gasteiger partial charge in [0.25, 0.3) is 11.8 Å². The first-order chi connectivity index (χ1) is 19.2. The molecule has 0 bridgehead atoms. The van der Waals surface area contributed by atoms with Crippen molar-refractivity contribution in [3.63, 3.8) is 0 Å². The Balaban J connectivity index is 1.64. The van der Waals surface area contributed by atoms with Crippen LogP contribution in [0.15, 0.2) is 42.5 Å². The Bertz CT molecular complexity index is 1270. The standard InChI is InChI=1S/C30H39F3N4O4/c1-17(2)15-35-27(40)25-29(3,4)30(32,33)16-37(25)28(41)24(38)23(14-18-7-5-8-19(31)13-18)36-26(39)21-9-6-10-22-20(21)11-12-34-22/h5-10,13,17,23-26,34,36,38-39H,11-12,14-16H2,1-4H3,(H,35,40)/t23-,24-,25+,26?/m0/s1. The van der Waals surface area contributed by atoms with E-state index in [-0.39, 0.29) is 18.9 Å². The molecular weight excluding hydrogens is 537 g/mol. The van der Waals surface area contributed by atoms with Gasteiger partial charge in [0.15, 0.2) is 0 Å². The number of halogens is 3. The molecule has 5 N–H and O–H groups in total. The van der Waals surface area contributed by atoms with Gasteiger partial charge in [0, 0.05) is 30.4 Å². The van der Waals surface area contributed by atoms with Crippen molar-refractivity contribution in [1.82, 2.24) is 15.5 Å². The molecule has 1 unspecified atom stereocenters. The van der Waals surface area contributed by atoms with Gasteiger partial charge >= 0.3 is 0 Å². The van der Waals surface area contributed by atoms with E-state index in [4.69, 9.17) is 0 Å². The van der Waals surface area contributed by atoms with Crippen LogP contribution >= 0.6 is 0 Å². The average Bonchev–Trinajstić information content (AvgIpc) is 3.45. The smallest absolute Gasteiger partial charge is 0.272 e. The summed E-state index contributed by atoms with van der Waals surface area (Å²) < 4.78 is 44.4. The molecule has 2 amide bonds. The third-order valence-electron chi connectivity index (χ3n) is 8.07. The maximum Gasteiger partial charge on any atom is 0.272 e. The number of carbonyl (C=O) groups excluding carboxylic acids is 2. The lowest BCUT2D eigenvalue weighted by atomic mass is 9.81. The van der Waals surface area contributed by atoms with Gasteiger partial charge < -0.3 is 25.7 Å². The van der Waals surface area contributed by atoms with Crippen molar-refractivity contribution in [2.24, 2.45) is 11.3 Å². The quantitative estimate of drug-likeness (QED) is 0.278. The van der Waals surface area contributed by atoms with Crippen LogP contribution in [0.2, 0.25) is 0 Å². The highest BCUT2D eigenvalue weighted by Crippen LogP contribution is 2.48. The first kappa shape index (κ1) is 30.8. The zero-order chi connectivity index (χ0) is 30.1. The van der Waals surface area contributed by atoms with Gasteiger partial charge in [0.1, 0.15) is 24.2 Å². The summed E-state index contributed by atoms with van der Waals surface area (Å²) in [5.74, 6) is -5.71. The molecule has 1 saturated heterocycles. The SMILES string of the molecule is CC(C)CNC(=O)[C@H]1N(C(=O)[C@@H](O)[C@H](Cc2cccc(F)c2)NC(O)c2cccc3c2CCN3)CC(F)(F)C1(C)C. The number of aliphatic hydroxyl groups is 2. The van der Waals surface area contributed by atoms with E-state index in [0.29, 0.717) is 24.1 Å². The lowest BCUT2D eigenvalue weighted by Crippen LogP contribution is -2.57. The predicted octanol–water partition coefficient (Wildman–Crippen LogP) is 2.99. The van der Waals surface area contributed by atoms with Gasteiger partial charge in [-0.3, -0.25) is 14.9 Å². The Kier molecular flexibility index (Phi) is 9.01. The average molecular weight is 577 g/mol. The van der Waals surface area contributed by atoms with E-state index < -0.39 is 59.9 Å². The number of anilines is 1. The van der Waals surface area contributed by atoms with Crippen LogP contribution in [-0.2, 0) is 22.4 Å². The molecular formula is C30H39F3N4O4. The molecule has 0 radical (unpaired) electrons. The number of benzene rings is 2. The maximum atomic E-state index is 15.2. The minimum absolute atomic E-state index is 0.0506. The Morgan fingerprint density at radius 1 is 1.15 bits per heavy atom. The normalized spacial score (nSPS) is 21.2. The fourth-order valence-corrected chi connectivity index (χ4v) is 5.62. The van der Waals surface area contributed by atoms with Crippen LogP contribution in [0.5, 0.6) is 0 Å². The Hall–Kier alpha value is -3.15. The Morgan fingerprint density at radius 3 is 2.54 bits per heavy atom. The van der Waals surface area contributed by atoms with E-state index in [1.54, 1.807) is 18.2 Å². The number of rotatable bonds is 10. The number of nitrogens with zero attached hydrogens (tertiary/aromatic N) is 1. The second-order valence-electron chi connectivity index (χ2n) is 11.9. The molecule has 8 nitrogen and oxygen atoms in total. The van der Waals surface area contributed by atoms with Crippen LogP contribution < -0.4 is 16.0 Å². The van der Waals surface area contributed by atoms with Crippen molar-refractivity contribution in [2.75, 3.05) is 25.0 Å². The highest BCUT2D eigenvalue weighted by atomic mass is 19.3. The summed E-state index contributed by atoms with van der Waals surface area (Å²) in [4.78, 5) is 27.6. The molecule has 1 fully saturated rings. The number of nitrogens with one attached hydrogen (secondary N) is 3. The molecule has 0 aromatic heterocycles. The molecule has 0 saturated carbocycles. The van der Waals surface area contributed by atoms with Crippen molar-refractivity contribution in [2.45, 2.75) is 70.9 Å². The molecule has 11 heteroatoms. The number of amides is 2. The molecule has 2 aromatic carbocycles. The maximum absolute atomic E-state index is 15.2. The molecule has 2 aromatic rings. The van der Waals surface area contributed by atoms with Crippen LogP contribution in [0.3, 0.4) is 0 Å². The van der Waals surface area contributed by atoms with Crippen molar-refractivity contribution in [1.29, 1.82) is 0 Å². The van der Waals surface area contributed by atoms with Gasteiger partial charge in [0.2, 0.25) is 5.91 Å². The van der Waals surface area contributed by atoms with Gasteiger partial charge in [-0.1, -0.05) is 52.0 Å². The Morgan fingerprint density at radius 2 is 1.85 bits per heavy atom. The predicted molar refractivity (Wildman–Crippen MR) is 149 cm³/mol. The van der Waals surface area contributed by atoms with Crippen molar-refractivity contribution < 1.29 is 33.0 Å². The summed E-state index contributed by atoms with van der Waals surface area (Å²) in [6, 6.07) is 8.16. The van der Waals surface area contributed by atoms with Gasteiger partial charge in [-0.05, 0) is 48.1 Å². The van der Waals surface area contributed by atoms with Crippen LogP contribution in [0.4, 0.5) is 18.9 Å². The highest BCUT2D eigenvalue weighted by molar-refractivity contribution is 5.91. The molecule has 0 spiro atoms. The van der Waals surface area contributed by atoms with Gasteiger partial charge in [-0.2, -0.15) is 0 Å². The third kappa shape index (κ3) is 6.37. The lowest BCUT2D eigenvalue weighted by Gasteiger charge is -2.35. The minimum atomic E-state index is -3.41. The van der Waals surface area contributed by atoms with Gasteiger partial charge in [0.05, 0.1) is 12.0 Å². The lowest BCUT2D eigenvalue weighted by molar-refractivity contribution is -0.148. The first-order valence-electron chi connectivity index (χ1n) is 13.9. The van der Waals surface area contributed by atoms with Crippen molar-refractivity contribution in [3.05, 3.63) is 65.0 Å². The van der Waals surface area contributed by atoms with Crippen LogP contribution in [0.1, 0.15) is 50.6 Å². The molecule has 224 valence electrons. The minimum Gasteiger partial charge on any atom is -0.384 e. The van der Waals surface area contributed by atoms with Crippen LogP contribution in [0, 0.1) is 17.2 Å².